The van der Waals surface area contributed by atoms with E-state index in [1.165, 1.54) is 0 Å². The van der Waals surface area contributed by atoms with E-state index in [2.05, 4.69) is 97.0 Å². The average molecular weight is 1280 g/mol. The minimum absolute atomic E-state index is 0.130. The van der Waals surface area contributed by atoms with Crippen LogP contribution in [-0.4, -0.2) is 98.6 Å². The van der Waals surface area contributed by atoms with Gasteiger partial charge in [-0.2, -0.15) is 59.8 Å². The quantitative estimate of drug-likeness (QED) is 0.0380. The van der Waals surface area contributed by atoms with Gasteiger partial charge in [0.2, 0.25) is 71.4 Å². The van der Waals surface area contributed by atoms with E-state index >= 15 is 0 Å². The van der Waals surface area contributed by atoms with Crippen LogP contribution < -0.4 is 65.1 Å². The molecule has 0 spiro atoms. The highest BCUT2D eigenvalue weighted by Crippen LogP contribution is 2.29. The SMILES string of the molecule is CC(C)Nc1nc(N)nc(NCCc2ccc(Cl)c(Cl)c2)n1.CC(C)Nc1nc(N)nc(NCc2ccc(Cl)c(Cl)c2)n1.CC(C)Nc1nc(N)nc(Nc2ccc(Cl)c(Cl)c2)n1.CN(C)c1nc(N)nc(Nc2ccc(Cl)c(Cl)c2)n1. The molecule has 0 aliphatic rings. The van der Waals surface area contributed by atoms with E-state index in [-0.39, 0.29) is 41.9 Å². The standard InChI is InChI=1S/C14H18Cl2N6.C13H16Cl2N6.C12H14Cl2N6.C11H12Cl2N6/c1-8(2)19-14-21-12(17)20-13(22-14)18-6-5-9-3-4-10(15)11(16)7-9;1-7(2)18-13-20-11(16)19-12(21-13)17-6-8-3-4-9(14)10(15)5-8;1-6(2)16-11-18-10(15)19-12(20-11)17-7-3-4-8(13)9(14)5-7;1-19(2)11-17-9(14)16-10(18-11)15-6-3-4-7(12)8(13)5-6/h3-4,7-8H,5-6H2,1-2H3,(H4,17,18,19,20,21,22);3-5,7H,6H2,1-2H3,(H4,16,17,18,19,20,21);3-6H,1-2H3,(H4,15,16,17,18,19,20);3-5H,1-2H3,(H3,14,15,16,17,18). The number of halogens is 8. The van der Waals surface area contributed by atoms with Crippen LogP contribution >= 0.6 is 92.8 Å². The van der Waals surface area contributed by atoms with Crippen LogP contribution in [0.25, 0.3) is 0 Å². The van der Waals surface area contributed by atoms with Gasteiger partial charge in [0, 0.05) is 56.7 Å². The second-order valence-corrected chi connectivity index (χ2v) is 21.4. The Morgan fingerprint density at radius 3 is 1.13 bits per heavy atom. The lowest BCUT2D eigenvalue weighted by atomic mass is 10.1. The first kappa shape index (κ1) is 65.6. The largest absolute Gasteiger partial charge is 0.368 e. The monoisotopic (exact) mass is 1280 g/mol. The number of nitrogen functional groups attached to an aromatic ring is 4. The van der Waals surface area contributed by atoms with Crippen LogP contribution in [0.4, 0.5) is 82.8 Å². The number of nitrogens with one attached hydrogen (secondary N) is 7. The van der Waals surface area contributed by atoms with E-state index in [1.54, 1.807) is 59.5 Å². The Kier molecular flexibility index (Phi) is 25.5. The van der Waals surface area contributed by atoms with Gasteiger partial charge in [0.25, 0.3) is 0 Å². The molecular weight excluding hydrogens is 1220 g/mol. The first-order chi connectivity index (χ1) is 38.8. The maximum Gasteiger partial charge on any atom is 0.233 e. The number of nitrogens with two attached hydrogens (primary N) is 4. The van der Waals surface area contributed by atoms with Crippen molar-refractivity contribution in [3.8, 4) is 0 Å². The lowest BCUT2D eigenvalue weighted by Gasteiger charge is -2.12. The first-order valence-electron chi connectivity index (χ1n) is 24.6. The summed E-state index contributed by atoms with van der Waals surface area (Å²) >= 11 is 47.3. The van der Waals surface area contributed by atoms with Crippen LogP contribution in [0.1, 0.15) is 52.7 Å². The van der Waals surface area contributed by atoms with Crippen molar-refractivity contribution in [2.75, 3.05) is 85.7 Å². The van der Waals surface area contributed by atoms with Gasteiger partial charge in [-0.1, -0.05) is 105 Å². The topological polar surface area (TPSA) is 346 Å². The number of benzene rings is 4. The van der Waals surface area contributed by atoms with Gasteiger partial charge in [-0.05, 0) is 120 Å². The van der Waals surface area contributed by atoms with E-state index in [9.17, 15) is 0 Å². The summed E-state index contributed by atoms with van der Waals surface area (Å²) < 4.78 is 0. The third-order valence-corrected chi connectivity index (χ3v) is 12.7. The summed E-state index contributed by atoms with van der Waals surface area (Å²) in [5.41, 5.74) is 26.1. The lowest BCUT2D eigenvalue weighted by molar-refractivity contribution is 0.866. The van der Waals surface area contributed by atoms with Crippen LogP contribution in [0.3, 0.4) is 0 Å². The van der Waals surface area contributed by atoms with Crippen molar-refractivity contribution in [3.05, 3.63) is 124 Å². The summed E-state index contributed by atoms with van der Waals surface area (Å²) in [5, 5.41) is 25.4. The lowest BCUT2D eigenvalue weighted by Crippen LogP contribution is -2.16. The number of hydrogen-bond donors (Lipinski definition) is 11. The summed E-state index contributed by atoms with van der Waals surface area (Å²) in [5.74, 6) is 3.90. The first-order valence-corrected chi connectivity index (χ1v) is 27.6. The number of nitrogens with zero attached hydrogens (tertiary/aromatic N) is 13. The summed E-state index contributed by atoms with van der Waals surface area (Å²) in [7, 11) is 3.63. The van der Waals surface area contributed by atoms with Gasteiger partial charge >= 0.3 is 0 Å². The molecule has 0 bridgehead atoms. The Morgan fingerprint density at radius 2 is 0.720 bits per heavy atom. The molecule has 8 aromatic rings. The molecule has 24 nitrogen and oxygen atoms in total. The highest BCUT2D eigenvalue weighted by Gasteiger charge is 2.12. The van der Waals surface area contributed by atoms with E-state index in [0.717, 1.165) is 17.5 Å². The van der Waals surface area contributed by atoms with Gasteiger partial charge in [0.05, 0.1) is 40.2 Å². The zero-order valence-corrected chi connectivity index (χ0v) is 51.5. The molecule has 0 aliphatic heterocycles. The third-order valence-electron chi connectivity index (χ3n) is 9.72. The molecule has 4 aromatic heterocycles. The van der Waals surface area contributed by atoms with Crippen LogP contribution in [0.15, 0.2) is 72.8 Å². The highest BCUT2D eigenvalue weighted by molar-refractivity contribution is 6.43. The second-order valence-electron chi connectivity index (χ2n) is 18.2. The van der Waals surface area contributed by atoms with Gasteiger partial charge < -0.3 is 65.1 Å². The normalized spacial score (nSPS) is 10.6. The number of aromatic nitrogens is 12. The molecule has 4 heterocycles. The fourth-order valence-corrected chi connectivity index (χ4v) is 7.48. The van der Waals surface area contributed by atoms with E-state index in [1.807, 2.05) is 73.8 Å². The van der Waals surface area contributed by atoms with Gasteiger partial charge in [0.1, 0.15) is 0 Å². The molecule has 0 amide bonds. The fraction of sp³-hybridized carbons (Fsp3) is 0.280. The smallest absolute Gasteiger partial charge is 0.233 e. The molecule has 0 unspecified atom stereocenters. The Bertz CT molecular complexity index is 3380. The molecule has 0 saturated heterocycles. The van der Waals surface area contributed by atoms with Crippen molar-refractivity contribution in [3.63, 3.8) is 0 Å². The Balaban J connectivity index is 0.000000201. The molecule has 4 aromatic carbocycles. The molecule has 82 heavy (non-hydrogen) atoms. The predicted octanol–water partition coefficient (Wildman–Crippen LogP) is 12.3. The molecule has 0 aliphatic carbocycles. The Morgan fingerprint density at radius 1 is 0.378 bits per heavy atom. The third kappa shape index (κ3) is 23.0. The summed E-state index contributed by atoms with van der Waals surface area (Å²) in [4.78, 5) is 50.9. The Labute approximate surface area is 514 Å². The fourth-order valence-electron chi connectivity index (χ4n) is 6.25. The highest BCUT2D eigenvalue weighted by atomic mass is 35.5. The summed E-state index contributed by atoms with van der Waals surface area (Å²) in [6, 6.07) is 21.8. The summed E-state index contributed by atoms with van der Waals surface area (Å²) in [6.45, 7) is 13.1. The molecule has 0 radical (unpaired) electrons. The molecule has 8 rings (SSSR count). The maximum atomic E-state index is 5.99. The second kappa shape index (κ2) is 31.9. The van der Waals surface area contributed by atoms with Crippen LogP contribution in [0.5, 0.6) is 0 Å². The van der Waals surface area contributed by atoms with E-state index < -0.39 is 0 Å². The van der Waals surface area contributed by atoms with Crippen LogP contribution in [0, 0.1) is 0 Å². The Hall–Kier alpha value is -7.16. The predicted molar refractivity (Wildman–Crippen MR) is 339 cm³/mol. The number of anilines is 14. The van der Waals surface area contributed by atoms with E-state index in [4.69, 9.17) is 116 Å². The number of hydrogen-bond acceptors (Lipinski definition) is 24. The van der Waals surface area contributed by atoms with E-state index in [0.29, 0.717) is 112 Å². The molecular formula is C50H60Cl8N24. The average Bonchev–Trinajstić information content (AvgIpc) is 3.42. The molecule has 32 heteroatoms. The van der Waals surface area contributed by atoms with Crippen molar-refractivity contribution in [2.24, 2.45) is 0 Å². The van der Waals surface area contributed by atoms with Gasteiger partial charge in [-0.25, -0.2) is 0 Å². The van der Waals surface area contributed by atoms with Crippen LogP contribution in [-0.2, 0) is 13.0 Å². The minimum atomic E-state index is 0.130. The van der Waals surface area contributed by atoms with Crippen molar-refractivity contribution in [1.82, 2.24) is 59.8 Å². The molecule has 0 saturated carbocycles. The van der Waals surface area contributed by atoms with Crippen molar-refractivity contribution >= 4 is 176 Å². The van der Waals surface area contributed by atoms with Crippen molar-refractivity contribution in [2.45, 2.75) is 72.6 Å². The minimum Gasteiger partial charge on any atom is -0.368 e. The number of rotatable bonds is 18. The zero-order chi connectivity index (χ0) is 60.2. The zero-order valence-electron chi connectivity index (χ0n) is 45.4. The van der Waals surface area contributed by atoms with Gasteiger partial charge in [0.15, 0.2) is 0 Å². The molecule has 0 atom stereocenters. The van der Waals surface area contributed by atoms with Gasteiger partial charge in [-0.15, -0.1) is 0 Å². The van der Waals surface area contributed by atoms with Crippen molar-refractivity contribution in [1.29, 1.82) is 0 Å². The maximum absolute atomic E-state index is 5.99. The molecule has 0 fully saturated rings. The van der Waals surface area contributed by atoms with Gasteiger partial charge in [-0.3, -0.25) is 0 Å². The van der Waals surface area contributed by atoms with Crippen LogP contribution in [0.2, 0.25) is 40.2 Å². The van der Waals surface area contributed by atoms with Crippen molar-refractivity contribution < 1.29 is 0 Å². The summed E-state index contributed by atoms with van der Waals surface area (Å²) in [6.07, 6.45) is 0.759. The molecule has 436 valence electrons. The molecule has 15 N–H and O–H groups in total.